The fourth-order valence-corrected chi connectivity index (χ4v) is 8.24. The first kappa shape index (κ1) is 31.1. The standard InChI is InChI=1S/C36H37N3O8/c1-38(2)30-25-16-19-15-24-23(22-8-7-18(17-39-11-13-47-14-12-39)20-5-3-4-6-21(20)22)9-10-26(40)28(24)31(41)27(19)33(43)36(25,46)34(44)29(32(30)42)35(37)45/h3-10,19,25,30,40,42-43,46H,11-17H2,1-2H3,(H2,37,45)/t19-,25-,30?,36-/m0/s1. The Morgan fingerprint density at radius 1 is 1.00 bits per heavy atom. The molecule has 1 saturated heterocycles. The molecule has 1 heterocycles. The van der Waals surface area contributed by atoms with Gasteiger partial charge < -0.3 is 30.9 Å². The van der Waals surface area contributed by atoms with E-state index in [0.29, 0.717) is 18.8 Å². The van der Waals surface area contributed by atoms with Gasteiger partial charge in [0, 0.05) is 31.1 Å². The highest BCUT2D eigenvalue weighted by Crippen LogP contribution is 2.53. The van der Waals surface area contributed by atoms with Gasteiger partial charge in [0.15, 0.2) is 11.4 Å². The molecule has 1 unspecified atom stereocenters. The van der Waals surface area contributed by atoms with E-state index in [-0.39, 0.29) is 29.7 Å². The van der Waals surface area contributed by atoms with E-state index in [4.69, 9.17) is 10.5 Å². The van der Waals surface area contributed by atoms with Gasteiger partial charge in [0.25, 0.3) is 5.91 Å². The smallest absolute Gasteiger partial charge is 0.255 e. The molecule has 7 rings (SSSR count). The van der Waals surface area contributed by atoms with Gasteiger partial charge in [-0.15, -0.1) is 0 Å². The zero-order valence-corrected chi connectivity index (χ0v) is 26.2. The van der Waals surface area contributed by atoms with Crippen LogP contribution in [-0.4, -0.2) is 99.7 Å². The van der Waals surface area contributed by atoms with Crippen LogP contribution in [0.3, 0.4) is 0 Å². The van der Waals surface area contributed by atoms with Gasteiger partial charge in [-0.25, -0.2) is 0 Å². The summed E-state index contributed by atoms with van der Waals surface area (Å²) >= 11 is 0. The van der Waals surface area contributed by atoms with Gasteiger partial charge in [0.2, 0.25) is 5.78 Å². The van der Waals surface area contributed by atoms with Gasteiger partial charge in [-0.2, -0.15) is 0 Å². The second-order valence-electron chi connectivity index (χ2n) is 13.2. The number of aromatic hydroxyl groups is 1. The SMILES string of the molecule is CN(C)C1C(O)=C(C(N)=O)C(=O)[C@@]2(O)C(O)=C3C(=O)c4c(O)ccc(-c5ccc(CN6CCOCC6)c6ccccc56)c4C[C@H]3C[C@@H]12. The van der Waals surface area contributed by atoms with Crippen molar-refractivity contribution in [3.8, 4) is 16.9 Å². The first-order chi connectivity index (χ1) is 22.4. The summed E-state index contributed by atoms with van der Waals surface area (Å²) in [5, 5.41) is 47.7. The van der Waals surface area contributed by atoms with Crippen LogP contribution < -0.4 is 5.73 Å². The number of hydrogen-bond acceptors (Lipinski definition) is 10. The number of nitrogens with zero attached hydrogens (tertiary/aromatic N) is 2. The minimum Gasteiger partial charge on any atom is -0.510 e. The van der Waals surface area contributed by atoms with Crippen LogP contribution in [0.4, 0.5) is 0 Å². The van der Waals surface area contributed by atoms with E-state index in [1.165, 1.54) is 6.07 Å². The number of phenols is 1. The number of amides is 1. The molecule has 1 aliphatic heterocycles. The Kier molecular flexibility index (Phi) is 7.47. The van der Waals surface area contributed by atoms with Crippen LogP contribution in [0.1, 0.15) is 27.9 Å². The van der Waals surface area contributed by atoms with E-state index in [1.54, 1.807) is 25.1 Å². The molecule has 4 atom stereocenters. The highest BCUT2D eigenvalue weighted by atomic mass is 16.5. The van der Waals surface area contributed by atoms with Crippen LogP contribution >= 0.6 is 0 Å². The van der Waals surface area contributed by atoms with Crippen molar-refractivity contribution in [2.45, 2.75) is 31.0 Å². The van der Waals surface area contributed by atoms with E-state index in [2.05, 4.69) is 17.0 Å². The monoisotopic (exact) mass is 639 g/mol. The molecule has 244 valence electrons. The number of ether oxygens (including phenoxy) is 1. The summed E-state index contributed by atoms with van der Waals surface area (Å²) in [6.45, 7) is 3.85. The Bertz CT molecular complexity index is 1920. The van der Waals surface area contributed by atoms with Crippen molar-refractivity contribution >= 4 is 28.2 Å². The number of morpholine rings is 1. The summed E-state index contributed by atoms with van der Waals surface area (Å²) in [5.41, 5.74) is 5.13. The molecular formula is C36H37N3O8. The molecule has 11 heteroatoms. The summed E-state index contributed by atoms with van der Waals surface area (Å²) in [5.74, 6) is -6.72. The number of rotatable bonds is 5. The molecule has 3 aromatic rings. The second kappa shape index (κ2) is 11.3. The molecule has 47 heavy (non-hydrogen) atoms. The minimum atomic E-state index is -2.68. The van der Waals surface area contributed by atoms with Crippen LogP contribution in [0.15, 0.2) is 71.2 Å². The molecule has 0 saturated carbocycles. The molecule has 4 aliphatic rings. The maximum absolute atomic E-state index is 14.2. The topological polar surface area (TPSA) is 174 Å². The van der Waals surface area contributed by atoms with Crippen molar-refractivity contribution in [2.24, 2.45) is 17.6 Å². The molecule has 3 aliphatic carbocycles. The van der Waals surface area contributed by atoms with Crippen molar-refractivity contribution in [1.29, 1.82) is 0 Å². The first-order valence-electron chi connectivity index (χ1n) is 15.8. The number of phenolic OH excluding ortho intramolecular Hbond substituents is 1. The lowest BCUT2D eigenvalue weighted by Crippen LogP contribution is -2.63. The summed E-state index contributed by atoms with van der Waals surface area (Å²) < 4.78 is 5.52. The van der Waals surface area contributed by atoms with Crippen LogP contribution in [-0.2, 0) is 27.3 Å². The number of benzene rings is 3. The Balaban J connectivity index is 1.36. The average molecular weight is 640 g/mol. The molecule has 1 amide bonds. The molecule has 0 bridgehead atoms. The summed E-state index contributed by atoms with van der Waals surface area (Å²) in [6, 6.07) is 14.4. The van der Waals surface area contributed by atoms with Crippen molar-refractivity contribution in [2.75, 3.05) is 40.4 Å². The lowest BCUT2D eigenvalue weighted by atomic mass is 9.58. The quantitative estimate of drug-likeness (QED) is 0.261. The number of ketones is 2. The normalized spacial score (nSPS) is 26.4. The molecule has 1 fully saturated rings. The number of carbonyl (C=O) groups excluding carboxylic acids is 3. The summed E-state index contributed by atoms with van der Waals surface area (Å²) in [6.07, 6.45) is 0.238. The fraction of sp³-hybridized carbons (Fsp3) is 0.361. The number of hydrogen-bond donors (Lipinski definition) is 5. The van der Waals surface area contributed by atoms with Crippen molar-refractivity contribution in [3.05, 3.63) is 87.9 Å². The largest absolute Gasteiger partial charge is 0.510 e. The van der Waals surface area contributed by atoms with Gasteiger partial charge in [-0.3, -0.25) is 24.2 Å². The Morgan fingerprint density at radius 3 is 2.36 bits per heavy atom. The maximum Gasteiger partial charge on any atom is 0.255 e. The molecule has 0 radical (unpaired) electrons. The van der Waals surface area contributed by atoms with E-state index in [0.717, 1.165) is 47.1 Å². The number of Topliss-reactive ketones (excluding diaryl/α,β-unsaturated/α-hetero) is 2. The van der Waals surface area contributed by atoms with Crippen LogP contribution in [0.2, 0.25) is 0 Å². The van der Waals surface area contributed by atoms with Crippen LogP contribution in [0.5, 0.6) is 5.75 Å². The molecule has 0 spiro atoms. The van der Waals surface area contributed by atoms with Gasteiger partial charge in [0.05, 0.1) is 24.8 Å². The third kappa shape index (κ3) is 4.60. The van der Waals surface area contributed by atoms with Gasteiger partial charge in [-0.1, -0.05) is 42.5 Å². The highest BCUT2D eigenvalue weighted by molar-refractivity contribution is 6.25. The fourth-order valence-electron chi connectivity index (χ4n) is 8.24. The number of primary amides is 1. The Labute approximate surface area is 271 Å². The van der Waals surface area contributed by atoms with Gasteiger partial charge in [0.1, 0.15) is 22.8 Å². The number of carbonyl (C=O) groups is 3. The van der Waals surface area contributed by atoms with E-state index < -0.39 is 58.0 Å². The lowest BCUT2D eigenvalue weighted by molar-refractivity contribution is -0.148. The van der Waals surface area contributed by atoms with Gasteiger partial charge in [-0.05, 0) is 71.9 Å². The Hall–Kier alpha value is -4.55. The van der Waals surface area contributed by atoms with Crippen molar-refractivity contribution in [3.63, 3.8) is 0 Å². The third-order valence-corrected chi connectivity index (χ3v) is 10.4. The van der Waals surface area contributed by atoms with Crippen molar-refractivity contribution < 1.29 is 39.5 Å². The number of fused-ring (bicyclic) bond motifs is 4. The first-order valence-corrected chi connectivity index (χ1v) is 15.8. The number of allylic oxidation sites excluding steroid dienone is 1. The van der Waals surface area contributed by atoms with E-state index >= 15 is 0 Å². The maximum atomic E-state index is 14.2. The molecular weight excluding hydrogens is 602 g/mol. The minimum absolute atomic E-state index is 0.00948. The van der Waals surface area contributed by atoms with Crippen LogP contribution in [0.25, 0.3) is 21.9 Å². The summed E-state index contributed by atoms with van der Waals surface area (Å²) in [7, 11) is 3.22. The average Bonchev–Trinajstić information content (AvgIpc) is 3.03. The molecule has 0 aromatic heterocycles. The number of aliphatic hydroxyl groups excluding tert-OH is 2. The van der Waals surface area contributed by atoms with E-state index in [1.807, 2.05) is 24.3 Å². The zero-order chi connectivity index (χ0) is 33.4. The second-order valence-corrected chi connectivity index (χ2v) is 13.2. The zero-order valence-electron chi connectivity index (χ0n) is 26.2. The predicted molar refractivity (Wildman–Crippen MR) is 173 cm³/mol. The van der Waals surface area contributed by atoms with Gasteiger partial charge >= 0.3 is 0 Å². The third-order valence-electron chi connectivity index (χ3n) is 10.4. The number of nitrogens with two attached hydrogens (primary N) is 1. The highest BCUT2D eigenvalue weighted by Gasteiger charge is 2.63. The van der Waals surface area contributed by atoms with Crippen molar-refractivity contribution in [1.82, 2.24) is 9.80 Å². The molecule has 6 N–H and O–H groups in total. The van der Waals surface area contributed by atoms with Crippen LogP contribution in [0, 0.1) is 11.8 Å². The summed E-state index contributed by atoms with van der Waals surface area (Å²) in [4.78, 5) is 44.0. The Morgan fingerprint density at radius 2 is 1.68 bits per heavy atom. The number of aliphatic hydroxyl groups is 3. The lowest BCUT2D eigenvalue weighted by Gasteiger charge is -2.50. The molecule has 3 aromatic carbocycles. The molecule has 11 nitrogen and oxygen atoms in total. The number of likely N-dealkylation sites (N-methyl/N-ethyl adjacent to an activating group) is 1. The van der Waals surface area contributed by atoms with E-state index in [9.17, 15) is 34.8 Å². The predicted octanol–water partition coefficient (Wildman–Crippen LogP) is 2.77.